The molecular weight excluding hydrogens is 556 g/mol. The van der Waals surface area contributed by atoms with Crippen molar-refractivity contribution in [1.82, 2.24) is 10.0 Å². The Balaban J connectivity index is 1.50. The van der Waals surface area contributed by atoms with E-state index in [1.165, 1.54) is 23.3 Å². The van der Waals surface area contributed by atoms with E-state index in [9.17, 15) is 20.4 Å². The number of ether oxygens (including phenoxy) is 6. The zero-order chi connectivity index (χ0) is 30.9. The van der Waals surface area contributed by atoms with E-state index >= 15 is 0 Å². The van der Waals surface area contributed by atoms with Crippen molar-refractivity contribution < 1.29 is 48.8 Å². The van der Waals surface area contributed by atoms with E-state index in [4.69, 9.17) is 51.6 Å². The Hall–Kier alpha value is -1.80. The average molecular weight is 609 g/mol. The Kier molecular flexibility index (Phi) is 17.5. The molecule has 7 atom stereocenters. The molecule has 1 aliphatic carbocycles. The summed E-state index contributed by atoms with van der Waals surface area (Å²) in [7, 11) is 1.47. The van der Waals surface area contributed by atoms with Crippen molar-refractivity contribution in [3.63, 3.8) is 0 Å². The molecule has 2 fully saturated rings. The first-order valence-corrected chi connectivity index (χ1v) is 14.2. The molecule has 2 unspecified atom stereocenters. The molecule has 0 aromatic carbocycles. The molecule has 16 heteroatoms. The lowest BCUT2D eigenvalue weighted by Gasteiger charge is -2.37. The van der Waals surface area contributed by atoms with Crippen LogP contribution in [0.1, 0.15) is 25.7 Å². The third kappa shape index (κ3) is 14.1. The third-order valence-corrected chi connectivity index (χ3v) is 6.94. The summed E-state index contributed by atoms with van der Waals surface area (Å²) in [5.74, 6) is 11.9. The van der Waals surface area contributed by atoms with Gasteiger partial charge in [0.05, 0.1) is 89.0 Å². The molecule has 42 heavy (non-hydrogen) atoms. The molecule has 0 aromatic rings. The monoisotopic (exact) mass is 608 g/mol. The minimum atomic E-state index is -0.938. The average Bonchev–Trinajstić information content (AvgIpc) is 2.96. The zero-order valence-electron chi connectivity index (χ0n) is 24.5. The maximum atomic E-state index is 10.1. The van der Waals surface area contributed by atoms with Crippen LogP contribution in [0.5, 0.6) is 0 Å². The smallest absolute Gasteiger partial charge is 0.161 e. The summed E-state index contributed by atoms with van der Waals surface area (Å²) in [6, 6.07) is 0. The van der Waals surface area contributed by atoms with Crippen LogP contribution in [0.2, 0.25) is 0 Å². The fourth-order valence-corrected chi connectivity index (χ4v) is 4.72. The van der Waals surface area contributed by atoms with E-state index in [0.29, 0.717) is 76.6 Å². The van der Waals surface area contributed by atoms with Crippen molar-refractivity contribution in [3.8, 4) is 0 Å². The van der Waals surface area contributed by atoms with Gasteiger partial charge in [0.1, 0.15) is 12.2 Å². The SMILES string of the molecule is CO[C@@H]1C[C@H](OC/C(N)=C/N(N)CCOCCOCCN(N)/C=C(\N)CO[C@H]2CC(O)C[C@@H](CO)C2)O[C@H](CO)C1O. The molecule has 1 aliphatic heterocycles. The van der Waals surface area contributed by atoms with Gasteiger partial charge in [-0.2, -0.15) is 0 Å². The summed E-state index contributed by atoms with van der Waals surface area (Å²) in [6.45, 7) is 2.16. The lowest BCUT2D eigenvalue weighted by atomic mass is 9.86. The molecule has 0 amide bonds. The van der Waals surface area contributed by atoms with Gasteiger partial charge in [0, 0.05) is 32.5 Å². The van der Waals surface area contributed by atoms with Crippen molar-refractivity contribution >= 4 is 0 Å². The quantitative estimate of drug-likeness (QED) is 0.0390. The number of nitrogens with two attached hydrogens (primary N) is 4. The lowest BCUT2D eigenvalue weighted by Crippen LogP contribution is -2.51. The Morgan fingerprint density at radius 3 is 1.98 bits per heavy atom. The Bertz CT molecular complexity index is 783. The van der Waals surface area contributed by atoms with Gasteiger partial charge in [0.2, 0.25) is 0 Å². The molecule has 0 radical (unpaired) electrons. The largest absolute Gasteiger partial charge is 0.399 e. The highest BCUT2D eigenvalue weighted by molar-refractivity contribution is 4.96. The number of hydrogen-bond acceptors (Lipinski definition) is 16. The number of methoxy groups -OCH3 is 1. The highest BCUT2D eigenvalue weighted by atomic mass is 16.7. The second-order valence-electron chi connectivity index (χ2n) is 10.5. The van der Waals surface area contributed by atoms with Crippen LogP contribution in [0.25, 0.3) is 0 Å². The van der Waals surface area contributed by atoms with Crippen molar-refractivity contribution in [1.29, 1.82) is 0 Å². The predicted molar refractivity (Wildman–Crippen MR) is 151 cm³/mol. The van der Waals surface area contributed by atoms with Gasteiger partial charge in [-0.05, 0) is 25.2 Å². The number of hydrogen-bond donors (Lipinski definition) is 8. The van der Waals surface area contributed by atoms with E-state index in [1.807, 2.05) is 0 Å². The summed E-state index contributed by atoms with van der Waals surface area (Å²) >= 11 is 0. The Morgan fingerprint density at radius 1 is 0.833 bits per heavy atom. The van der Waals surface area contributed by atoms with E-state index in [1.54, 1.807) is 6.20 Å². The molecular formula is C26H52N6O10. The van der Waals surface area contributed by atoms with Gasteiger partial charge in [-0.1, -0.05) is 0 Å². The van der Waals surface area contributed by atoms with Gasteiger partial charge in [0.15, 0.2) is 6.29 Å². The second kappa shape index (κ2) is 20.2. The fraction of sp³-hybridized carbons (Fsp3) is 0.846. The molecule has 12 N–H and O–H groups in total. The van der Waals surface area contributed by atoms with Crippen LogP contribution in [-0.4, -0.2) is 140 Å². The van der Waals surface area contributed by atoms with Crippen LogP contribution < -0.4 is 23.2 Å². The standard InChI is InChI=1S/C26H52N6O10/c1-37-23-11-25(42-24(15-34)26(23)36)41-17-20(28)13-32(30)3-5-39-7-6-38-4-2-31(29)12-19(27)16-40-22-9-18(14-33)8-21(35)10-22/h12-13,18,21-26,33-36H,2-11,14-17,27-30H2,1H3/b19-12-,20-13-/t18-,21?,22-,23-,24-,25-,26?/m1/s1. The summed E-state index contributed by atoms with van der Waals surface area (Å²) in [5.41, 5.74) is 12.8. The lowest BCUT2D eigenvalue weighted by molar-refractivity contribution is -0.258. The second-order valence-corrected chi connectivity index (χ2v) is 10.5. The van der Waals surface area contributed by atoms with Gasteiger partial charge >= 0.3 is 0 Å². The number of aliphatic hydroxyl groups excluding tert-OH is 4. The molecule has 0 spiro atoms. The van der Waals surface area contributed by atoms with Crippen molar-refractivity contribution in [3.05, 3.63) is 23.8 Å². The molecule has 1 saturated heterocycles. The van der Waals surface area contributed by atoms with E-state index in [-0.39, 0.29) is 38.4 Å². The molecule has 16 nitrogen and oxygen atoms in total. The normalized spacial score (nSPS) is 29.1. The first-order valence-electron chi connectivity index (χ1n) is 14.2. The summed E-state index contributed by atoms with van der Waals surface area (Å²) in [5, 5.41) is 41.5. The van der Waals surface area contributed by atoms with Gasteiger partial charge in [-0.15, -0.1) is 0 Å². The van der Waals surface area contributed by atoms with Gasteiger partial charge in [0.25, 0.3) is 0 Å². The van der Waals surface area contributed by atoms with Gasteiger partial charge in [-0.25, -0.2) is 11.7 Å². The third-order valence-electron chi connectivity index (χ3n) is 6.94. The van der Waals surface area contributed by atoms with Crippen LogP contribution in [0, 0.1) is 5.92 Å². The first-order chi connectivity index (χ1) is 20.1. The number of aliphatic hydroxyl groups is 4. The van der Waals surface area contributed by atoms with E-state index in [0.717, 1.165) is 0 Å². The number of hydrazine groups is 2. The number of rotatable bonds is 20. The van der Waals surface area contributed by atoms with Crippen molar-refractivity contribution in [2.24, 2.45) is 29.1 Å². The predicted octanol–water partition coefficient (Wildman–Crippen LogP) is -2.99. The fourth-order valence-electron chi connectivity index (χ4n) is 4.72. The maximum Gasteiger partial charge on any atom is 0.161 e. The molecule has 246 valence electrons. The maximum absolute atomic E-state index is 10.1. The number of nitrogens with zero attached hydrogens (tertiary/aromatic N) is 2. The molecule has 2 aliphatic rings. The summed E-state index contributed by atoms with van der Waals surface area (Å²) in [4.78, 5) is 0. The van der Waals surface area contributed by atoms with Crippen LogP contribution in [0.3, 0.4) is 0 Å². The van der Waals surface area contributed by atoms with Crippen LogP contribution in [-0.2, 0) is 28.4 Å². The summed E-state index contributed by atoms with van der Waals surface area (Å²) in [6.07, 6.45) is 1.66. The van der Waals surface area contributed by atoms with Crippen LogP contribution in [0.4, 0.5) is 0 Å². The minimum Gasteiger partial charge on any atom is -0.399 e. The molecule has 0 aromatic heterocycles. The van der Waals surface area contributed by atoms with Crippen LogP contribution in [0.15, 0.2) is 23.8 Å². The Labute approximate surface area is 247 Å². The highest BCUT2D eigenvalue weighted by Gasteiger charge is 2.38. The van der Waals surface area contributed by atoms with Crippen molar-refractivity contribution in [2.75, 3.05) is 73.1 Å². The topological polar surface area (TPSA) is 247 Å². The molecule has 1 saturated carbocycles. The van der Waals surface area contributed by atoms with Crippen molar-refractivity contribution in [2.45, 2.75) is 62.5 Å². The Morgan fingerprint density at radius 2 is 1.43 bits per heavy atom. The highest BCUT2D eigenvalue weighted by Crippen LogP contribution is 2.26. The molecule has 0 bridgehead atoms. The molecule has 2 rings (SSSR count). The first kappa shape index (κ1) is 36.4. The van der Waals surface area contributed by atoms with E-state index in [2.05, 4.69) is 0 Å². The minimum absolute atomic E-state index is 0.0348. The van der Waals surface area contributed by atoms with E-state index < -0.39 is 30.7 Å². The zero-order valence-corrected chi connectivity index (χ0v) is 24.5. The molecule has 1 heterocycles. The summed E-state index contributed by atoms with van der Waals surface area (Å²) < 4.78 is 33.2. The van der Waals surface area contributed by atoms with Gasteiger partial charge in [-0.3, -0.25) is 0 Å². The van der Waals surface area contributed by atoms with Crippen LogP contribution >= 0.6 is 0 Å². The van der Waals surface area contributed by atoms with Gasteiger partial charge < -0.3 is 70.3 Å².